The second-order valence-corrected chi connectivity index (χ2v) is 7.61. The maximum Gasteiger partial charge on any atom is 0.245 e. The number of carbonyl (C=O) groups excluding carboxylic acids is 1. The molecule has 0 heterocycles. The van der Waals surface area contributed by atoms with Gasteiger partial charge in [0.15, 0.2) is 0 Å². The van der Waals surface area contributed by atoms with Crippen LogP contribution in [0.2, 0.25) is 0 Å². The van der Waals surface area contributed by atoms with Gasteiger partial charge in [0, 0.05) is 0 Å². The normalized spacial score (nSPS) is 11.2. The van der Waals surface area contributed by atoms with E-state index in [0.717, 1.165) is 28.3 Å². The summed E-state index contributed by atoms with van der Waals surface area (Å²) in [6, 6.07) is 8.34. The molecule has 0 aromatic heterocycles. The van der Waals surface area contributed by atoms with Crippen LogP contribution in [0.15, 0.2) is 36.4 Å². The van der Waals surface area contributed by atoms with Crippen LogP contribution in [0.5, 0.6) is 0 Å². The highest BCUT2D eigenvalue weighted by molar-refractivity contribution is 7.92. The smallest absolute Gasteiger partial charge is 0.245 e. The lowest BCUT2D eigenvalue weighted by molar-refractivity contribution is -0.114. The van der Waals surface area contributed by atoms with Crippen LogP contribution in [0, 0.1) is 25.5 Å². The van der Waals surface area contributed by atoms with Crippen molar-refractivity contribution in [3.63, 3.8) is 0 Å². The third-order valence-electron chi connectivity index (χ3n) is 3.55. The molecule has 0 saturated heterocycles. The van der Waals surface area contributed by atoms with Crippen LogP contribution in [-0.2, 0) is 14.8 Å². The van der Waals surface area contributed by atoms with Gasteiger partial charge < -0.3 is 5.32 Å². The van der Waals surface area contributed by atoms with Crippen molar-refractivity contribution in [2.45, 2.75) is 13.8 Å². The van der Waals surface area contributed by atoms with Gasteiger partial charge in [-0.15, -0.1) is 0 Å². The number of rotatable bonds is 5. The van der Waals surface area contributed by atoms with Crippen molar-refractivity contribution in [3.05, 3.63) is 59.2 Å². The molecule has 25 heavy (non-hydrogen) atoms. The summed E-state index contributed by atoms with van der Waals surface area (Å²) in [5.41, 5.74) is 1.20. The highest BCUT2D eigenvalue weighted by Gasteiger charge is 2.23. The van der Waals surface area contributed by atoms with Gasteiger partial charge in [0.25, 0.3) is 0 Å². The van der Waals surface area contributed by atoms with Gasteiger partial charge in [-0.25, -0.2) is 17.2 Å². The molecule has 134 valence electrons. The minimum absolute atomic E-state index is 0.339. The van der Waals surface area contributed by atoms with E-state index in [1.165, 1.54) is 6.07 Å². The molecule has 1 amide bonds. The molecule has 0 aliphatic carbocycles. The summed E-state index contributed by atoms with van der Waals surface area (Å²) in [6.07, 6.45) is 0.964. The lowest BCUT2D eigenvalue weighted by atomic mass is 10.1. The van der Waals surface area contributed by atoms with Crippen molar-refractivity contribution < 1.29 is 22.0 Å². The summed E-state index contributed by atoms with van der Waals surface area (Å²) in [5, 5.41) is 2.09. The highest BCUT2D eigenvalue weighted by Crippen LogP contribution is 2.24. The van der Waals surface area contributed by atoms with Crippen LogP contribution in [0.25, 0.3) is 0 Å². The molecule has 0 saturated carbocycles. The van der Waals surface area contributed by atoms with E-state index in [9.17, 15) is 22.0 Å². The fourth-order valence-electron chi connectivity index (χ4n) is 2.30. The Balaban J connectivity index is 2.32. The molecule has 0 radical (unpaired) electrons. The molecule has 8 heteroatoms. The number of sulfonamides is 1. The highest BCUT2D eigenvalue weighted by atomic mass is 32.2. The van der Waals surface area contributed by atoms with E-state index in [1.807, 2.05) is 6.07 Å². The van der Waals surface area contributed by atoms with Gasteiger partial charge in [0.05, 0.1) is 11.9 Å². The third kappa shape index (κ3) is 4.54. The number of aryl methyl sites for hydroxylation is 2. The topological polar surface area (TPSA) is 66.5 Å². The second-order valence-electron chi connectivity index (χ2n) is 5.70. The molecule has 0 bridgehead atoms. The van der Waals surface area contributed by atoms with Crippen LogP contribution in [0.3, 0.4) is 0 Å². The molecule has 2 aromatic rings. The molecular formula is C17H18F2N2O3S. The summed E-state index contributed by atoms with van der Waals surface area (Å²) in [7, 11) is -3.78. The van der Waals surface area contributed by atoms with Crippen LogP contribution in [0.1, 0.15) is 11.1 Å². The Kier molecular flexibility index (Phi) is 5.42. The zero-order valence-electron chi connectivity index (χ0n) is 14.0. The van der Waals surface area contributed by atoms with E-state index in [0.29, 0.717) is 11.3 Å². The molecule has 2 aromatic carbocycles. The predicted octanol–water partition coefficient (Wildman–Crippen LogP) is 2.99. The zero-order chi connectivity index (χ0) is 18.8. The van der Waals surface area contributed by atoms with E-state index in [2.05, 4.69) is 5.32 Å². The van der Waals surface area contributed by atoms with Gasteiger partial charge >= 0.3 is 0 Å². The molecule has 0 spiro atoms. The third-order valence-corrected chi connectivity index (χ3v) is 4.67. The monoisotopic (exact) mass is 368 g/mol. The first-order valence-electron chi connectivity index (χ1n) is 7.38. The number of hydrogen-bond donors (Lipinski definition) is 1. The first kappa shape index (κ1) is 18.9. The van der Waals surface area contributed by atoms with Crippen molar-refractivity contribution in [2.24, 2.45) is 0 Å². The number of nitrogens with one attached hydrogen (secondary N) is 1. The number of carbonyl (C=O) groups is 1. The summed E-state index contributed by atoms with van der Waals surface area (Å²) in [6.45, 7) is 2.90. The lowest BCUT2D eigenvalue weighted by Gasteiger charge is -2.24. The number of hydrogen-bond acceptors (Lipinski definition) is 3. The molecule has 2 rings (SSSR count). The number of amides is 1. The standard InChI is InChI=1S/C17H18F2N2O3S/c1-11-7-8-12(2)15(9-11)21(25(3,23)24)10-16(22)20-17-13(18)5-4-6-14(17)19/h4-9H,10H2,1-3H3,(H,20,22). The molecule has 0 aliphatic heterocycles. The number of anilines is 2. The fourth-order valence-corrected chi connectivity index (χ4v) is 3.20. The van der Waals surface area contributed by atoms with Crippen molar-refractivity contribution in [2.75, 3.05) is 22.4 Å². The van der Waals surface area contributed by atoms with Crippen molar-refractivity contribution in [3.8, 4) is 0 Å². The first-order chi connectivity index (χ1) is 11.6. The molecule has 1 N–H and O–H groups in total. The van der Waals surface area contributed by atoms with Crippen LogP contribution >= 0.6 is 0 Å². The number of halogens is 2. The average molecular weight is 368 g/mol. The largest absolute Gasteiger partial charge is 0.320 e. The number of para-hydroxylation sites is 1. The van der Waals surface area contributed by atoms with Gasteiger partial charge in [0.2, 0.25) is 15.9 Å². The van der Waals surface area contributed by atoms with E-state index < -0.39 is 39.8 Å². The Morgan fingerprint density at radius 1 is 1.12 bits per heavy atom. The summed E-state index contributed by atoms with van der Waals surface area (Å²) in [5.74, 6) is -2.73. The molecule has 5 nitrogen and oxygen atoms in total. The van der Waals surface area contributed by atoms with Crippen LogP contribution in [-0.4, -0.2) is 27.1 Å². The van der Waals surface area contributed by atoms with E-state index >= 15 is 0 Å². The van der Waals surface area contributed by atoms with E-state index in [4.69, 9.17) is 0 Å². The Labute approximate surface area is 145 Å². The lowest BCUT2D eigenvalue weighted by Crippen LogP contribution is -2.38. The first-order valence-corrected chi connectivity index (χ1v) is 9.23. The Hall–Kier alpha value is -2.48. The van der Waals surface area contributed by atoms with Crippen molar-refractivity contribution >= 4 is 27.3 Å². The van der Waals surface area contributed by atoms with Crippen LogP contribution in [0.4, 0.5) is 20.2 Å². The zero-order valence-corrected chi connectivity index (χ0v) is 14.8. The minimum atomic E-state index is -3.78. The Morgan fingerprint density at radius 3 is 2.28 bits per heavy atom. The minimum Gasteiger partial charge on any atom is -0.320 e. The maximum atomic E-state index is 13.6. The second kappa shape index (κ2) is 7.18. The molecule has 0 aliphatic rings. The number of nitrogens with zero attached hydrogens (tertiary/aromatic N) is 1. The predicted molar refractivity (Wildman–Crippen MR) is 93.1 cm³/mol. The Bertz CT molecular complexity index is 894. The van der Waals surface area contributed by atoms with Gasteiger partial charge in [-0.2, -0.15) is 0 Å². The molecule has 0 atom stereocenters. The summed E-state index contributed by atoms with van der Waals surface area (Å²) >= 11 is 0. The molecule has 0 unspecified atom stereocenters. The SMILES string of the molecule is Cc1ccc(C)c(N(CC(=O)Nc2c(F)cccc2F)S(C)(=O)=O)c1. The maximum absolute atomic E-state index is 13.6. The van der Waals surface area contributed by atoms with Crippen LogP contribution < -0.4 is 9.62 Å². The summed E-state index contributed by atoms with van der Waals surface area (Å²) < 4.78 is 52.4. The van der Waals surface area contributed by atoms with Gasteiger partial charge in [0.1, 0.15) is 23.9 Å². The quantitative estimate of drug-likeness (QED) is 0.882. The summed E-state index contributed by atoms with van der Waals surface area (Å²) in [4.78, 5) is 12.2. The number of benzene rings is 2. The van der Waals surface area contributed by atoms with Gasteiger partial charge in [-0.3, -0.25) is 9.10 Å². The Morgan fingerprint density at radius 2 is 1.72 bits per heavy atom. The van der Waals surface area contributed by atoms with Gasteiger partial charge in [-0.05, 0) is 43.2 Å². The van der Waals surface area contributed by atoms with Crippen molar-refractivity contribution in [1.29, 1.82) is 0 Å². The van der Waals surface area contributed by atoms with E-state index in [1.54, 1.807) is 26.0 Å². The van der Waals surface area contributed by atoms with E-state index in [-0.39, 0.29) is 0 Å². The van der Waals surface area contributed by atoms with Crippen molar-refractivity contribution in [1.82, 2.24) is 0 Å². The molecular weight excluding hydrogens is 350 g/mol. The fraction of sp³-hybridized carbons (Fsp3) is 0.235. The van der Waals surface area contributed by atoms with Gasteiger partial charge in [-0.1, -0.05) is 18.2 Å². The average Bonchev–Trinajstić information content (AvgIpc) is 2.50. The molecule has 0 fully saturated rings.